The van der Waals surface area contributed by atoms with Crippen LogP contribution in [0.2, 0.25) is 0 Å². The Morgan fingerprint density at radius 1 is 0.611 bits per heavy atom. The molecule has 0 spiro atoms. The molecule has 0 rings (SSSR count). The third-order valence-corrected chi connectivity index (χ3v) is 2.62. The minimum absolute atomic E-state index is 0.613. The summed E-state index contributed by atoms with van der Waals surface area (Å²) in [5, 5.41) is 0. The number of hydrogen-bond acceptors (Lipinski definition) is 4. The van der Waals surface area contributed by atoms with Gasteiger partial charge in [0.15, 0.2) is 0 Å². The number of unbranched alkanes of at least 4 members (excludes halogenated alkanes) is 3. The van der Waals surface area contributed by atoms with Crippen LogP contribution >= 0.6 is 11.6 Å². The van der Waals surface area contributed by atoms with Crippen molar-refractivity contribution in [1.29, 1.82) is 0 Å². The summed E-state index contributed by atoms with van der Waals surface area (Å²) in [5.74, 6) is 0.765. The molecule has 5 heteroatoms. The normalized spacial score (nSPS) is 11.0. The molecule has 0 atom stereocenters. The lowest BCUT2D eigenvalue weighted by atomic mass is 10.2. The molecule has 0 N–H and O–H groups in total. The third kappa shape index (κ3) is 16.1. The van der Waals surface area contributed by atoms with Crippen molar-refractivity contribution in [2.75, 3.05) is 59.2 Å². The van der Waals surface area contributed by atoms with Crippen molar-refractivity contribution in [1.82, 2.24) is 0 Å². The van der Waals surface area contributed by atoms with Crippen molar-refractivity contribution in [2.24, 2.45) is 0 Å². The summed E-state index contributed by atoms with van der Waals surface area (Å²) in [7, 11) is 1.66. The van der Waals surface area contributed by atoms with E-state index in [0.717, 1.165) is 25.3 Å². The van der Waals surface area contributed by atoms with Crippen LogP contribution in [0.25, 0.3) is 0 Å². The van der Waals surface area contributed by atoms with Crippen molar-refractivity contribution >= 4 is 11.6 Å². The fourth-order valence-corrected chi connectivity index (χ4v) is 1.53. The number of ether oxygens (including phenoxy) is 4. The first-order chi connectivity index (χ1) is 8.91. The van der Waals surface area contributed by atoms with Crippen LogP contribution in [0.15, 0.2) is 0 Å². The summed E-state index contributed by atoms with van der Waals surface area (Å²) < 4.78 is 20.9. The summed E-state index contributed by atoms with van der Waals surface area (Å²) >= 11 is 5.59. The van der Waals surface area contributed by atoms with Crippen molar-refractivity contribution in [3.8, 4) is 0 Å². The Hall–Kier alpha value is 0.130. The molecule has 0 fully saturated rings. The largest absolute Gasteiger partial charge is 0.382 e. The Morgan fingerprint density at radius 3 is 1.67 bits per heavy atom. The molecular formula is C13H27ClO4. The Morgan fingerprint density at radius 2 is 1.11 bits per heavy atom. The van der Waals surface area contributed by atoms with Crippen LogP contribution < -0.4 is 0 Å². The summed E-state index contributed by atoms with van der Waals surface area (Å²) in [5.41, 5.74) is 0. The van der Waals surface area contributed by atoms with E-state index in [1.54, 1.807) is 7.11 Å². The van der Waals surface area contributed by atoms with E-state index in [4.69, 9.17) is 30.5 Å². The van der Waals surface area contributed by atoms with Crippen LogP contribution in [-0.2, 0) is 18.9 Å². The van der Waals surface area contributed by atoms with E-state index in [9.17, 15) is 0 Å². The first-order valence-electron chi connectivity index (χ1n) is 6.70. The van der Waals surface area contributed by atoms with Gasteiger partial charge in [-0.1, -0.05) is 12.8 Å². The highest BCUT2D eigenvalue weighted by molar-refractivity contribution is 6.17. The van der Waals surface area contributed by atoms with E-state index in [1.165, 1.54) is 12.8 Å². The van der Waals surface area contributed by atoms with E-state index >= 15 is 0 Å². The first kappa shape index (κ1) is 18.1. The molecule has 0 amide bonds. The fraction of sp³-hybridized carbons (Fsp3) is 1.00. The Bertz CT molecular complexity index is 131. The van der Waals surface area contributed by atoms with Gasteiger partial charge in [-0.2, -0.15) is 0 Å². The number of hydrogen-bond donors (Lipinski definition) is 0. The monoisotopic (exact) mass is 282 g/mol. The zero-order valence-corrected chi connectivity index (χ0v) is 12.3. The zero-order chi connectivity index (χ0) is 13.3. The molecule has 18 heavy (non-hydrogen) atoms. The number of alkyl halides is 1. The number of methoxy groups -OCH3 is 1. The number of rotatable bonds is 15. The fourth-order valence-electron chi connectivity index (χ4n) is 1.34. The van der Waals surface area contributed by atoms with Gasteiger partial charge in [0.05, 0.1) is 39.6 Å². The average Bonchev–Trinajstić information content (AvgIpc) is 2.39. The van der Waals surface area contributed by atoms with Crippen LogP contribution in [0.4, 0.5) is 0 Å². The molecule has 0 unspecified atom stereocenters. The quantitative estimate of drug-likeness (QED) is 0.342. The second kappa shape index (κ2) is 17.1. The van der Waals surface area contributed by atoms with Crippen LogP contribution in [0, 0.1) is 0 Å². The molecule has 0 bridgehead atoms. The summed E-state index contributed by atoms with van der Waals surface area (Å²) in [6, 6.07) is 0. The highest BCUT2D eigenvalue weighted by atomic mass is 35.5. The molecule has 0 saturated heterocycles. The van der Waals surface area contributed by atoms with Gasteiger partial charge in [0, 0.05) is 19.6 Å². The minimum Gasteiger partial charge on any atom is -0.382 e. The highest BCUT2D eigenvalue weighted by Gasteiger charge is 1.92. The predicted molar refractivity (Wildman–Crippen MR) is 73.5 cm³/mol. The van der Waals surface area contributed by atoms with Crippen molar-refractivity contribution < 1.29 is 18.9 Å². The molecule has 4 nitrogen and oxygen atoms in total. The number of halogens is 1. The van der Waals surface area contributed by atoms with Crippen LogP contribution in [0.1, 0.15) is 25.7 Å². The standard InChI is InChI=1S/C13H27ClO4/c1-15-8-9-17-12-13-18-11-10-16-7-5-3-2-4-6-14/h2-13H2,1H3. The van der Waals surface area contributed by atoms with Gasteiger partial charge in [-0.05, 0) is 12.8 Å². The van der Waals surface area contributed by atoms with Gasteiger partial charge >= 0.3 is 0 Å². The minimum atomic E-state index is 0.613. The maximum Gasteiger partial charge on any atom is 0.0701 e. The molecule has 0 aromatic heterocycles. The van der Waals surface area contributed by atoms with Crippen LogP contribution in [-0.4, -0.2) is 59.2 Å². The van der Waals surface area contributed by atoms with E-state index in [-0.39, 0.29) is 0 Å². The SMILES string of the molecule is COCCOCCOCCOCCCCCCCl. The van der Waals surface area contributed by atoms with Gasteiger partial charge in [-0.25, -0.2) is 0 Å². The van der Waals surface area contributed by atoms with Crippen LogP contribution in [0.3, 0.4) is 0 Å². The maximum absolute atomic E-state index is 5.59. The van der Waals surface area contributed by atoms with Gasteiger partial charge in [0.1, 0.15) is 0 Å². The lowest BCUT2D eigenvalue weighted by Crippen LogP contribution is -2.11. The lowest BCUT2D eigenvalue weighted by Gasteiger charge is -2.06. The molecular weight excluding hydrogens is 256 g/mol. The molecule has 110 valence electrons. The summed E-state index contributed by atoms with van der Waals surface area (Å²) in [4.78, 5) is 0. The predicted octanol–water partition coefficient (Wildman–Crippen LogP) is 2.48. The highest BCUT2D eigenvalue weighted by Crippen LogP contribution is 2.00. The Balaban J connectivity index is 2.86. The zero-order valence-electron chi connectivity index (χ0n) is 11.5. The molecule has 0 aromatic rings. The molecule has 0 saturated carbocycles. The molecule has 0 aromatic carbocycles. The van der Waals surface area contributed by atoms with E-state index in [2.05, 4.69) is 0 Å². The summed E-state index contributed by atoms with van der Waals surface area (Å²) in [6.07, 6.45) is 4.61. The molecule has 0 aliphatic heterocycles. The van der Waals surface area contributed by atoms with Gasteiger partial charge in [0.2, 0.25) is 0 Å². The first-order valence-corrected chi connectivity index (χ1v) is 7.23. The van der Waals surface area contributed by atoms with Gasteiger partial charge < -0.3 is 18.9 Å². The third-order valence-electron chi connectivity index (χ3n) is 2.35. The Kier molecular flexibility index (Phi) is 17.3. The molecule has 0 radical (unpaired) electrons. The van der Waals surface area contributed by atoms with Crippen LogP contribution in [0.5, 0.6) is 0 Å². The van der Waals surface area contributed by atoms with Crippen molar-refractivity contribution in [3.05, 3.63) is 0 Å². The Labute approximate surface area is 116 Å². The second-order valence-electron chi connectivity index (χ2n) is 3.93. The maximum atomic E-state index is 5.59. The second-order valence-corrected chi connectivity index (χ2v) is 4.31. The summed E-state index contributed by atoms with van der Waals surface area (Å²) in [6.45, 7) is 4.59. The average molecular weight is 283 g/mol. The lowest BCUT2D eigenvalue weighted by molar-refractivity contribution is 0.00324. The van der Waals surface area contributed by atoms with Crippen molar-refractivity contribution in [2.45, 2.75) is 25.7 Å². The molecule has 0 aliphatic carbocycles. The van der Waals surface area contributed by atoms with E-state index in [1.807, 2.05) is 0 Å². The molecule has 0 heterocycles. The smallest absolute Gasteiger partial charge is 0.0701 e. The van der Waals surface area contributed by atoms with Gasteiger partial charge in [-0.15, -0.1) is 11.6 Å². The van der Waals surface area contributed by atoms with E-state index in [0.29, 0.717) is 39.6 Å². The topological polar surface area (TPSA) is 36.9 Å². The van der Waals surface area contributed by atoms with Gasteiger partial charge in [-0.3, -0.25) is 0 Å². The van der Waals surface area contributed by atoms with E-state index < -0.39 is 0 Å². The molecule has 0 aliphatic rings. The van der Waals surface area contributed by atoms with Crippen molar-refractivity contribution in [3.63, 3.8) is 0 Å². The van der Waals surface area contributed by atoms with Gasteiger partial charge in [0.25, 0.3) is 0 Å².